The Kier molecular flexibility index (Phi) is 6.15. The first-order valence-corrected chi connectivity index (χ1v) is 8.12. The Morgan fingerprint density at radius 2 is 2.14 bits per heavy atom. The number of sulfonamides is 1. The maximum Gasteiger partial charge on any atom is 0.245 e. The topological polar surface area (TPSA) is 104 Å². The van der Waals surface area contributed by atoms with E-state index < -0.39 is 22.5 Å². The molecular formula is C13H16ClN3O3S. The Morgan fingerprint density at radius 1 is 1.48 bits per heavy atom. The van der Waals surface area contributed by atoms with Gasteiger partial charge in [-0.15, -0.1) is 0 Å². The summed E-state index contributed by atoms with van der Waals surface area (Å²) in [5, 5.41) is 8.87. The molecule has 8 heteroatoms. The molecule has 0 aromatic heterocycles. The van der Waals surface area contributed by atoms with Crippen LogP contribution in [-0.4, -0.2) is 31.7 Å². The van der Waals surface area contributed by atoms with Crippen molar-refractivity contribution in [2.24, 2.45) is 5.73 Å². The van der Waals surface area contributed by atoms with Gasteiger partial charge in [-0.3, -0.25) is 4.79 Å². The van der Waals surface area contributed by atoms with Gasteiger partial charge in [-0.2, -0.15) is 9.57 Å². The monoisotopic (exact) mass is 329 g/mol. The van der Waals surface area contributed by atoms with Gasteiger partial charge < -0.3 is 5.73 Å². The number of rotatable bonds is 7. The first-order chi connectivity index (χ1) is 9.82. The second kappa shape index (κ2) is 7.41. The minimum Gasteiger partial charge on any atom is -0.369 e. The lowest BCUT2D eigenvalue weighted by atomic mass is 10.2. The quantitative estimate of drug-likeness (QED) is 0.818. The first kappa shape index (κ1) is 17.4. The maximum atomic E-state index is 12.6. The van der Waals surface area contributed by atoms with Crippen molar-refractivity contribution >= 4 is 27.5 Å². The predicted molar refractivity (Wildman–Crippen MR) is 79.0 cm³/mol. The molecule has 6 nitrogen and oxygen atoms in total. The van der Waals surface area contributed by atoms with Gasteiger partial charge in [0.25, 0.3) is 0 Å². The number of benzene rings is 1. The van der Waals surface area contributed by atoms with Crippen LogP contribution in [0.3, 0.4) is 0 Å². The molecule has 0 unspecified atom stereocenters. The van der Waals surface area contributed by atoms with Crippen molar-refractivity contribution in [3.05, 3.63) is 28.8 Å². The molecule has 1 aromatic carbocycles. The highest BCUT2D eigenvalue weighted by molar-refractivity contribution is 7.89. The number of primary amides is 1. The molecule has 0 saturated carbocycles. The molecule has 0 saturated heterocycles. The number of nitrogens with two attached hydrogens (primary N) is 1. The summed E-state index contributed by atoms with van der Waals surface area (Å²) >= 11 is 5.92. The molecule has 0 fully saturated rings. The molecule has 0 radical (unpaired) electrons. The lowest BCUT2D eigenvalue weighted by molar-refractivity contribution is -0.118. The lowest BCUT2D eigenvalue weighted by Crippen LogP contribution is -2.39. The summed E-state index contributed by atoms with van der Waals surface area (Å²) in [6, 6.07) is 5.81. The van der Waals surface area contributed by atoms with Crippen LogP contribution in [0.5, 0.6) is 0 Å². The second-order valence-electron chi connectivity index (χ2n) is 4.42. The fourth-order valence-corrected chi connectivity index (χ4v) is 3.65. The van der Waals surface area contributed by atoms with E-state index in [1.807, 2.05) is 13.0 Å². The van der Waals surface area contributed by atoms with E-state index in [2.05, 4.69) is 0 Å². The molecule has 0 aliphatic carbocycles. The molecule has 0 spiro atoms. The van der Waals surface area contributed by atoms with Crippen molar-refractivity contribution in [1.82, 2.24) is 4.31 Å². The summed E-state index contributed by atoms with van der Waals surface area (Å²) in [5.41, 5.74) is 5.28. The second-order valence-corrected chi connectivity index (χ2v) is 6.73. The Balaban J connectivity index is 3.27. The van der Waals surface area contributed by atoms with E-state index in [1.54, 1.807) is 0 Å². The molecule has 114 valence electrons. The van der Waals surface area contributed by atoms with Crippen LogP contribution < -0.4 is 5.73 Å². The van der Waals surface area contributed by atoms with E-state index in [1.165, 1.54) is 18.2 Å². The standard InChI is InChI=1S/C13H16ClN3O3S/c1-2-3-6-17(9-13(16)18)21(19,20)12-7-10(8-15)4-5-11(12)14/h4-5,7H,2-3,6,9H2,1H3,(H2,16,18). The van der Waals surface area contributed by atoms with Crippen LogP contribution >= 0.6 is 11.6 Å². The van der Waals surface area contributed by atoms with Crippen LogP contribution in [0.2, 0.25) is 5.02 Å². The van der Waals surface area contributed by atoms with Crippen molar-refractivity contribution in [2.45, 2.75) is 24.7 Å². The van der Waals surface area contributed by atoms with E-state index in [9.17, 15) is 13.2 Å². The fourth-order valence-electron chi connectivity index (χ4n) is 1.70. The summed E-state index contributed by atoms with van der Waals surface area (Å²) in [6.45, 7) is 1.64. The van der Waals surface area contributed by atoms with Crippen molar-refractivity contribution in [3.8, 4) is 6.07 Å². The van der Waals surface area contributed by atoms with Crippen LogP contribution in [-0.2, 0) is 14.8 Å². The number of carbonyl (C=O) groups excluding carboxylic acids is 1. The predicted octanol–water partition coefficient (Wildman–Crippen LogP) is 1.49. The van der Waals surface area contributed by atoms with Gasteiger partial charge in [0.1, 0.15) is 4.90 Å². The number of hydrogen-bond acceptors (Lipinski definition) is 4. The average molecular weight is 330 g/mol. The number of nitriles is 1. The summed E-state index contributed by atoms with van der Waals surface area (Å²) in [7, 11) is -3.98. The number of halogens is 1. The third-order valence-electron chi connectivity index (χ3n) is 2.77. The van der Waals surface area contributed by atoms with Gasteiger partial charge in [-0.1, -0.05) is 24.9 Å². The highest BCUT2D eigenvalue weighted by Crippen LogP contribution is 2.26. The molecule has 0 aliphatic heterocycles. The van der Waals surface area contributed by atoms with Crippen LogP contribution in [0.25, 0.3) is 0 Å². The average Bonchev–Trinajstić information content (AvgIpc) is 2.43. The van der Waals surface area contributed by atoms with Gasteiger partial charge in [-0.25, -0.2) is 8.42 Å². The Bertz CT molecular complexity index is 668. The molecule has 0 atom stereocenters. The first-order valence-electron chi connectivity index (χ1n) is 6.31. The molecule has 1 rings (SSSR count). The van der Waals surface area contributed by atoms with Gasteiger partial charge in [0.2, 0.25) is 15.9 Å². The fraction of sp³-hybridized carbons (Fsp3) is 0.385. The van der Waals surface area contributed by atoms with Gasteiger partial charge in [0.15, 0.2) is 0 Å². The number of amides is 1. The van der Waals surface area contributed by atoms with Gasteiger partial charge >= 0.3 is 0 Å². The van der Waals surface area contributed by atoms with Crippen molar-refractivity contribution in [3.63, 3.8) is 0 Å². The van der Waals surface area contributed by atoms with E-state index >= 15 is 0 Å². The van der Waals surface area contributed by atoms with E-state index in [0.717, 1.165) is 10.7 Å². The van der Waals surface area contributed by atoms with Crippen molar-refractivity contribution < 1.29 is 13.2 Å². The van der Waals surface area contributed by atoms with Crippen molar-refractivity contribution in [2.75, 3.05) is 13.1 Å². The molecule has 21 heavy (non-hydrogen) atoms. The zero-order valence-electron chi connectivity index (χ0n) is 11.5. The highest BCUT2D eigenvalue weighted by atomic mass is 35.5. The van der Waals surface area contributed by atoms with E-state index in [-0.39, 0.29) is 22.0 Å². The number of nitrogens with zero attached hydrogens (tertiary/aromatic N) is 2. The molecule has 1 aromatic rings. The molecule has 0 aliphatic rings. The summed E-state index contributed by atoms with van der Waals surface area (Å²) in [5.74, 6) is -0.748. The zero-order valence-corrected chi connectivity index (χ0v) is 13.1. The zero-order chi connectivity index (χ0) is 16.0. The largest absolute Gasteiger partial charge is 0.369 e. The van der Waals surface area contributed by atoms with Crippen molar-refractivity contribution in [1.29, 1.82) is 5.26 Å². The molecular weight excluding hydrogens is 314 g/mol. The SMILES string of the molecule is CCCCN(CC(N)=O)S(=O)(=O)c1cc(C#N)ccc1Cl. The lowest BCUT2D eigenvalue weighted by Gasteiger charge is -2.21. The minimum absolute atomic E-state index is 0.0000288. The molecule has 1 amide bonds. The van der Waals surface area contributed by atoms with Crippen LogP contribution in [0.15, 0.2) is 23.1 Å². The third kappa shape index (κ3) is 4.43. The summed E-state index contributed by atoms with van der Waals surface area (Å²) < 4.78 is 26.2. The van der Waals surface area contributed by atoms with Crippen LogP contribution in [0.4, 0.5) is 0 Å². The minimum atomic E-state index is -3.98. The van der Waals surface area contributed by atoms with E-state index in [0.29, 0.717) is 6.42 Å². The maximum absolute atomic E-state index is 12.6. The van der Waals surface area contributed by atoms with Gasteiger partial charge in [-0.05, 0) is 24.6 Å². The van der Waals surface area contributed by atoms with Gasteiger partial charge in [0, 0.05) is 6.54 Å². The summed E-state index contributed by atoms with van der Waals surface area (Å²) in [6.07, 6.45) is 1.35. The molecule has 0 bridgehead atoms. The van der Waals surface area contributed by atoms with Gasteiger partial charge in [0.05, 0.1) is 23.2 Å². The smallest absolute Gasteiger partial charge is 0.245 e. The summed E-state index contributed by atoms with van der Waals surface area (Å²) in [4.78, 5) is 10.9. The normalized spacial score (nSPS) is 11.3. The van der Waals surface area contributed by atoms with Crippen LogP contribution in [0.1, 0.15) is 25.3 Å². The van der Waals surface area contributed by atoms with Crippen LogP contribution in [0, 0.1) is 11.3 Å². The number of unbranched alkanes of at least 4 members (excludes halogenated alkanes) is 1. The third-order valence-corrected chi connectivity index (χ3v) is 5.10. The Hall–Kier alpha value is -1.62. The Labute approximate surface area is 129 Å². The highest BCUT2D eigenvalue weighted by Gasteiger charge is 2.27. The Morgan fingerprint density at radius 3 is 2.67 bits per heavy atom. The number of carbonyl (C=O) groups is 1. The molecule has 0 heterocycles. The molecule has 2 N–H and O–H groups in total. The number of hydrogen-bond donors (Lipinski definition) is 1. The van der Waals surface area contributed by atoms with E-state index in [4.69, 9.17) is 22.6 Å².